The van der Waals surface area contributed by atoms with Crippen molar-refractivity contribution in [2.75, 3.05) is 12.0 Å². The van der Waals surface area contributed by atoms with Crippen molar-refractivity contribution >= 4 is 29.0 Å². The van der Waals surface area contributed by atoms with E-state index >= 15 is 0 Å². The van der Waals surface area contributed by atoms with E-state index in [4.69, 9.17) is 33.8 Å². The molecule has 4 nitrogen and oxygen atoms in total. The summed E-state index contributed by atoms with van der Waals surface area (Å²) in [7, 11) is 0. The second-order valence-electron chi connectivity index (χ2n) is 4.37. The molecule has 0 atom stereocenters. The van der Waals surface area contributed by atoms with E-state index in [1.807, 2.05) is 0 Å². The number of anilines is 1. The van der Waals surface area contributed by atoms with Gasteiger partial charge in [0.25, 0.3) is 0 Å². The van der Waals surface area contributed by atoms with Gasteiger partial charge in [-0.1, -0.05) is 62.2 Å². The second-order valence-corrected chi connectivity index (χ2v) is 5.18. The first-order valence-corrected chi connectivity index (χ1v) is 7.40. The number of hydrogen-bond donors (Lipinski definition) is 2. The summed E-state index contributed by atoms with van der Waals surface area (Å²) in [5.74, 6) is 6.03. The first-order chi connectivity index (χ1) is 9.19. The topological polar surface area (TPSA) is 60.2 Å². The molecule has 0 amide bonds. The molecule has 0 aliphatic carbocycles. The summed E-state index contributed by atoms with van der Waals surface area (Å²) in [6, 6.07) is 1.57. The molecule has 0 aromatic carbocycles. The van der Waals surface area contributed by atoms with Crippen molar-refractivity contribution in [1.82, 2.24) is 4.98 Å². The van der Waals surface area contributed by atoms with Gasteiger partial charge in [-0.05, 0) is 12.5 Å². The molecule has 108 valence electrons. The van der Waals surface area contributed by atoms with Crippen molar-refractivity contribution in [2.45, 2.75) is 45.4 Å². The standard InChI is InChI=1S/C13H21Cl2N3O/c1-2-3-4-5-6-7-8-19-13-11(15)9-10(14)12(17-13)18-16/h9H,2-8,16H2,1H3,(H,17,18). The molecule has 0 fully saturated rings. The van der Waals surface area contributed by atoms with Gasteiger partial charge in [-0.3, -0.25) is 0 Å². The van der Waals surface area contributed by atoms with Crippen LogP contribution in [0.15, 0.2) is 6.07 Å². The molecule has 0 saturated heterocycles. The first kappa shape index (κ1) is 16.3. The summed E-state index contributed by atoms with van der Waals surface area (Å²) in [5.41, 5.74) is 2.41. The molecule has 19 heavy (non-hydrogen) atoms. The van der Waals surface area contributed by atoms with Crippen molar-refractivity contribution in [3.8, 4) is 5.88 Å². The zero-order chi connectivity index (χ0) is 14.1. The van der Waals surface area contributed by atoms with Crippen molar-refractivity contribution in [3.05, 3.63) is 16.1 Å². The third-order valence-electron chi connectivity index (χ3n) is 2.77. The number of halogens is 2. The highest BCUT2D eigenvalue weighted by Crippen LogP contribution is 2.30. The maximum Gasteiger partial charge on any atom is 0.234 e. The zero-order valence-electron chi connectivity index (χ0n) is 11.2. The molecule has 0 unspecified atom stereocenters. The van der Waals surface area contributed by atoms with Crippen LogP contribution in [0.4, 0.5) is 5.82 Å². The summed E-state index contributed by atoms with van der Waals surface area (Å²) in [6.07, 6.45) is 7.25. The maximum atomic E-state index is 6.00. The average Bonchev–Trinajstić information content (AvgIpc) is 2.40. The number of nitrogens with zero attached hydrogens (tertiary/aromatic N) is 1. The Morgan fingerprint density at radius 2 is 1.84 bits per heavy atom. The number of hydrogen-bond acceptors (Lipinski definition) is 4. The fourth-order valence-corrected chi connectivity index (χ4v) is 2.17. The number of rotatable bonds is 9. The molecular formula is C13H21Cl2N3O. The third-order valence-corrected chi connectivity index (χ3v) is 3.33. The van der Waals surface area contributed by atoms with Crippen molar-refractivity contribution in [1.29, 1.82) is 0 Å². The number of nitrogens with one attached hydrogen (secondary N) is 1. The molecule has 1 aromatic rings. The van der Waals surface area contributed by atoms with Gasteiger partial charge in [0.2, 0.25) is 5.88 Å². The Kier molecular flexibility index (Phi) is 7.94. The van der Waals surface area contributed by atoms with Crippen LogP contribution < -0.4 is 16.0 Å². The largest absolute Gasteiger partial charge is 0.477 e. The van der Waals surface area contributed by atoms with Crippen LogP contribution in [0.1, 0.15) is 45.4 Å². The fourth-order valence-electron chi connectivity index (χ4n) is 1.70. The number of pyridine rings is 1. The van der Waals surface area contributed by atoms with Crippen LogP contribution in [0.2, 0.25) is 10.0 Å². The fraction of sp³-hybridized carbons (Fsp3) is 0.615. The number of nitrogen functional groups attached to an aromatic ring is 1. The molecule has 0 saturated carbocycles. The summed E-state index contributed by atoms with van der Waals surface area (Å²) in [6.45, 7) is 2.81. The zero-order valence-corrected chi connectivity index (χ0v) is 12.7. The first-order valence-electron chi connectivity index (χ1n) is 6.64. The predicted octanol–water partition coefficient (Wildman–Crippen LogP) is 4.41. The summed E-state index contributed by atoms with van der Waals surface area (Å²) in [5, 5.41) is 0.773. The van der Waals surface area contributed by atoms with Crippen molar-refractivity contribution in [3.63, 3.8) is 0 Å². The summed E-state index contributed by atoms with van der Waals surface area (Å²) < 4.78 is 5.54. The van der Waals surface area contributed by atoms with E-state index < -0.39 is 0 Å². The van der Waals surface area contributed by atoms with E-state index in [1.54, 1.807) is 6.07 Å². The Bertz CT molecular complexity index is 388. The number of hydrazine groups is 1. The molecule has 0 bridgehead atoms. The van der Waals surface area contributed by atoms with Gasteiger partial charge in [-0.15, -0.1) is 0 Å². The molecule has 0 spiro atoms. The maximum absolute atomic E-state index is 6.00. The van der Waals surface area contributed by atoms with Gasteiger partial charge in [0, 0.05) is 0 Å². The van der Waals surface area contributed by atoms with Crippen LogP contribution in [-0.2, 0) is 0 Å². The molecule has 6 heteroatoms. The predicted molar refractivity (Wildman–Crippen MR) is 80.9 cm³/mol. The van der Waals surface area contributed by atoms with Gasteiger partial charge >= 0.3 is 0 Å². The van der Waals surface area contributed by atoms with Gasteiger partial charge in [0.15, 0.2) is 5.82 Å². The molecule has 1 aromatic heterocycles. The Labute approximate surface area is 124 Å². The second kappa shape index (κ2) is 9.23. The Balaban J connectivity index is 2.33. The highest BCUT2D eigenvalue weighted by atomic mass is 35.5. The van der Waals surface area contributed by atoms with Gasteiger partial charge < -0.3 is 10.2 Å². The Morgan fingerprint density at radius 1 is 1.16 bits per heavy atom. The Hall–Kier alpha value is -0.710. The van der Waals surface area contributed by atoms with Crippen LogP contribution >= 0.6 is 23.2 Å². The minimum atomic E-state index is 0.365. The lowest BCUT2D eigenvalue weighted by Gasteiger charge is -2.09. The summed E-state index contributed by atoms with van der Waals surface area (Å²) in [4.78, 5) is 4.12. The van der Waals surface area contributed by atoms with E-state index in [-0.39, 0.29) is 0 Å². The lowest BCUT2D eigenvalue weighted by Crippen LogP contribution is -2.10. The van der Waals surface area contributed by atoms with Gasteiger partial charge in [0.05, 0.1) is 11.6 Å². The molecule has 3 N–H and O–H groups in total. The van der Waals surface area contributed by atoms with E-state index in [9.17, 15) is 0 Å². The van der Waals surface area contributed by atoms with Gasteiger partial charge in [0.1, 0.15) is 5.02 Å². The molecular weight excluding hydrogens is 285 g/mol. The van der Waals surface area contributed by atoms with E-state index in [2.05, 4.69) is 17.3 Å². The average molecular weight is 306 g/mol. The lowest BCUT2D eigenvalue weighted by molar-refractivity contribution is 0.294. The molecule has 0 aliphatic heterocycles. The quantitative estimate of drug-likeness (QED) is 0.403. The monoisotopic (exact) mass is 305 g/mol. The SMILES string of the molecule is CCCCCCCCOc1nc(NN)c(Cl)cc1Cl. The minimum Gasteiger partial charge on any atom is -0.477 e. The smallest absolute Gasteiger partial charge is 0.234 e. The van der Waals surface area contributed by atoms with Gasteiger partial charge in [-0.2, -0.15) is 4.98 Å². The van der Waals surface area contributed by atoms with Crippen LogP contribution in [0.5, 0.6) is 5.88 Å². The van der Waals surface area contributed by atoms with Crippen LogP contribution in [0, 0.1) is 0 Å². The highest BCUT2D eigenvalue weighted by Gasteiger charge is 2.09. The normalized spacial score (nSPS) is 10.5. The van der Waals surface area contributed by atoms with Gasteiger partial charge in [-0.25, -0.2) is 5.84 Å². The van der Waals surface area contributed by atoms with Crippen LogP contribution in [0.3, 0.4) is 0 Å². The molecule has 0 aliphatic rings. The lowest BCUT2D eigenvalue weighted by atomic mass is 10.1. The Morgan fingerprint density at radius 3 is 2.53 bits per heavy atom. The van der Waals surface area contributed by atoms with Crippen LogP contribution in [-0.4, -0.2) is 11.6 Å². The number of unbranched alkanes of at least 4 members (excludes halogenated alkanes) is 5. The minimum absolute atomic E-state index is 0.365. The van der Waals surface area contributed by atoms with E-state index in [0.29, 0.717) is 28.3 Å². The van der Waals surface area contributed by atoms with Crippen molar-refractivity contribution < 1.29 is 4.74 Å². The number of aromatic nitrogens is 1. The molecule has 1 heterocycles. The summed E-state index contributed by atoms with van der Waals surface area (Å²) >= 11 is 11.9. The molecule has 1 rings (SSSR count). The molecule has 0 radical (unpaired) electrons. The number of ether oxygens (including phenoxy) is 1. The van der Waals surface area contributed by atoms with Crippen molar-refractivity contribution in [2.24, 2.45) is 5.84 Å². The van der Waals surface area contributed by atoms with E-state index in [1.165, 1.54) is 25.7 Å². The van der Waals surface area contributed by atoms with Crippen LogP contribution in [0.25, 0.3) is 0 Å². The highest BCUT2D eigenvalue weighted by molar-refractivity contribution is 6.36. The number of nitrogens with two attached hydrogens (primary N) is 1. The van der Waals surface area contributed by atoms with E-state index in [0.717, 1.165) is 12.8 Å². The third kappa shape index (κ3) is 5.85.